The molecule has 1 aromatic rings. The van der Waals surface area contributed by atoms with E-state index in [0.29, 0.717) is 6.54 Å². The first-order valence-electron chi connectivity index (χ1n) is 5.01. The van der Waals surface area contributed by atoms with Crippen LogP contribution in [-0.2, 0) is 0 Å². The van der Waals surface area contributed by atoms with Crippen LogP contribution in [0.1, 0.15) is 6.92 Å². The number of hydrogen-bond acceptors (Lipinski definition) is 4. The van der Waals surface area contributed by atoms with Gasteiger partial charge in [-0.1, -0.05) is 18.2 Å². The average molecular weight is 204 g/mol. The Morgan fingerprint density at radius 3 is 2.53 bits per heavy atom. The van der Waals surface area contributed by atoms with E-state index in [2.05, 4.69) is 5.43 Å². The van der Waals surface area contributed by atoms with Crippen LogP contribution in [0.2, 0.25) is 0 Å². The zero-order valence-electron chi connectivity index (χ0n) is 8.77. The standard InChI is InChI=1S/C11H16N4/c1-8-10(7-12)14-15(11(8)13)9-5-3-2-4-6-9/h2-6,10,14H,7,12-13H2,1H3. The van der Waals surface area contributed by atoms with Crippen molar-refractivity contribution in [1.29, 1.82) is 0 Å². The fraction of sp³-hybridized carbons (Fsp3) is 0.273. The SMILES string of the molecule is CC1=C(N)N(c2ccccc2)NC1CN. The lowest BCUT2D eigenvalue weighted by molar-refractivity contribution is 0.621. The van der Waals surface area contributed by atoms with Gasteiger partial charge in [0, 0.05) is 6.54 Å². The van der Waals surface area contributed by atoms with Crippen LogP contribution in [-0.4, -0.2) is 12.6 Å². The van der Waals surface area contributed by atoms with Crippen molar-refractivity contribution >= 4 is 5.69 Å². The number of hydrogen-bond donors (Lipinski definition) is 3. The maximum atomic E-state index is 6.01. The quantitative estimate of drug-likeness (QED) is 0.657. The Balaban J connectivity index is 2.28. The molecular weight excluding hydrogens is 188 g/mol. The average Bonchev–Trinajstić information content (AvgIpc) is 2.57. The van der Waals surface area contributed by atoms with Crippen LogP contribution in [0, 0.1) is 0 Å². The number of benzene rings is 1. The second kappa shape index (κ2) is 3.92. The Kier molecular flexibility index (Phi) is 2.62. The van der Waals surface area contributed by atoms with E-state index in [9.17, 15) is 0 Å². The molecule has 1 heterocycles. The van der Waals surface area contributed by atoms with E-state index in [4.69, 9.17) is 11.5 Å². The van der Waals surface area contributed by atoms with Gasteiger partial charge in [0.15, 0.2) is 0 Å². The van der Waals surface area contributed by atoms with E-state index < -0.39 is 0 Å². The summed E-state index contributed by atoms with van der Waals surface area (Å²) in [6, 6.07) is 10.1. The van der Waals surface area contributed by atoms with E-state index in [1.807, 2.05) is 42.3 Å². The molecule has 0 radical (unpaired) electrons. The van der Waals surface area contributed by atoms with Crippen LogP contribution < -0.4 is 21.9 Å². The molecular formula is C11H16N4. The van der Waals surface area contributed by atoms with Crippen LogP contribution >= 0.6 is 0 Å². The predicted molar refractivity (Wildman–Crippen MR) is 61.8 cm³/mol. The van der Waals surface area contributed by atoms with Gasteiger partial charge in [0.2, 0.25) is 0 Å². The summed E-state index contributed by atoms with van der Waals surface area (Å²) < 4.78 is 0. The van der Waals surface area contributed by atoms with Gasteiger partial charge >= 0.3 is 0 Å². The first-order valence-corrected chi connectivity index (χ1v) is 5.01. The third kappa shape index (κ3) is 1.69. The fourth-order valence-electron chi connectivity index (χ4n) is 1.70. The maximum absolute atomic E-state index is 6.01. The molecule has 1 aliphatic heterocycles. The molecule has 1 aliphatic rings. The van der Waals surface area contributed by atoms with E-state index in [1.165, 1.54) is 0 Å². The lowest BCUT2D eigenvalue weighted by Gasteiger charge is -2.21. The summed E-state index contributed by atoms with van der Waals surface area (Å²) in [4.78, 5) is 0. The molecule has 0 aromatic heterocycles. The van der Waals surface area contributed by atoms with Gasteiger partial charge in [0.1, 0.15) is 5.82 Å². The highest BCUT2D eigenvalue weighted by atomic mass is 15.6. The number of rotatable bonds is 2. The molecule has 0 bridgehead atoms. The van der Waals surface area contributed by atoms with Gasteiger partial charge in [-0.05, 0) is 24.6 Å². The van der Waals surface area contributed by atoms with Crippen LogP contribution in [0.25, 0.3) is 0 Å². The van der Waals surface area contributed by atoms with E-state index in [1.54, 1.807) is 0 Å². The molecule has 0 amide bonds. The predicted octanol–water partition coefficient (Wildman–Crippen LogP) is 0.529. The first-order chi connectivity index (χ1) is 7.24. The number of anilines is 1. The molecule has 0 fully saturated rings. The Hall–Kier alpha value is -1.52. The largest absolute Gasteiger partial charge is 0.384 e. The molecule has 0 saturated heterocycles. The van der Waals surface area contributed by atoms with Gasteiger partial charge in [-0.25, -0.2) is 5.43 Å². The Labute approximate surface area is 89.5 Å². The van der Waals surface area contributed by atoms with Crippen LogP contribution in [0.15, 0.2) is 41.7 Å². The summed E-state index contributed by atoms with van der Waals surface area (Å²) in [5.74, 6) is 0.747. The number of nitrogens with one attached hydrogen (secondary N) is 1. The van der Waals surface area contributed by atoms with Gasteiger partial charge in [-0.2, -0.15) is 0 Å². The summed E-state index contributed by atoms with van der Waals surface area (Å²) in [5, 5.41) is 1.88. The Bertz CT molecular complexity index is 371. The van der Waals surface area contributed by atoms with Gasteiger partial charge in [0.25, 0.3) is 0 Å². The summed E-state index contributed by atoms with van der Waals surface area (Å²) >= 11 is 0. The monoisotopic (exact) mass is 204 g/mol. The molecule has 0 aliphatic carbocycles. The summed E-state index contributed by atoms with van der Waals surface area (Å²) in [5.41, 5.74) is 17.1. The van der Waals surface area contributed by atoms with Gasteiger partial charge in [-0.15, -0.1) is 0 Å². The zero-order valence-corrected chi connectivity index (χ0v) is 8.77. The number of nitrogens with zero attached hydrogens (tertiary/aromatic N) is 1. The summed E-state index contributed by atoms with van der Waals surface area (Å²) in [7, 11) is 0. The van der Waals surface area contributed by atoms with E-state index in [0.717, 1.165) is 17.1 Å². The van der Waals surface area contributed by atoms with Gasteiger partial charge in [0.05, 0.1) is 11.7 Å². The molecule has 0 saturated carbocycles. The Morgan fingerprint density at radius 1 is 1.33 bits per heavy atom. The highest BCUT2D eigenvalue weighted by molar-refractivity contribution is 5.53. The zero-order chi connectivity index (χ0) is 10.8. The van der Waals surface area contributed by atoms with Crippen molar-refractivity contribution in [2.24, 2.45) is 11.5 Å². The molecule has 15 heavy (non-hydrogen) atoms. The van der Waals surface area contributed by atoms with Crippen molar-refractivity contribution in [1.82, 2.24) is 5.43 Å². The first kappa shape index (κ1) is 10.0. The lowest BCUT2D eigenvalue weighted by atomic mass is 10.1. The van der Waals surface area contributed by atoms with Crippen molar-refractivity contribution in [2.75, 3.05) is 11.6 Å². The topological polar surface area (TPSA) is 67.3 Å². The molecule has 2 rings (SSSR count). The fourth-order valence-corrected chi connectivity index (χ4v) is 1.70. The van der Waals surface area contributed by atoms with Crippen LogP contribution in [0.3, 0.4) is 0 Å². The van der Waals surface area contributed by atoms with Crippen molar-refractivity contribution in [3.63, 3.8) is 0 Å². The van der Waals surface area contributed by atoms with Crippen molar-refractivity contribution in [3.8, 4) is 0 Å². The molecule has 1 atom stereocenters. The minimum Gasteiger partial charge on any atom is -0.384 e. The summed E-state index contributed by atoms with van der Waals surface area (Å²) in [6.07, 6.45) is 0. The maximum Gasteiger partial charge on any atom is 0.119 e. The number of para-hydroxylation sites is 1. The minimum absolute atomic E-state index is 0.144. The summed E-state index contributed by atoms with van der Waals surface area (Å²) in [6.45, 7) is 2.55. The second-order valence-corrected chi connectivity index (χ2v) is 3.66. The molecule has 5 N–H and O–H groups in total. The molecule has 0 spiro atoms. The molecule has 80 valence electrons. The number of nitrogens with two attached hydrogens (primary N) is 2. The third-order valence-electron chi connectivity index (χ3n) is 2.70. The lowest BCUT2D eigenvalue weighted by Crippen LogP contribution is -2.42. The van der Waals surface area contributed by atoms with Crippen LogP contribution in [0.5, 0.6) is 0 Å². The minimum atomic E-state index is 0.144. The van der Waals surface area contributed by atoms with Crippen LogP contribution in [0.4, 0.5) is 5.69 Å². The van der Waals surface area contributed by atoms with Gasteiger partial charge < -0.3 is 11.5 Å². The molecule has 4 heteroatoms. The van der Waals surface area contributed by atoms with Crippen molar-refractivity contribution < 1.29 is 0 Å². The smallest absolute Gasteiger partial charge is 0.119 e. The van der Waals surface area contributed by atoms with Gasteiger partial charge in [-0.3, -0.25) is 5.01 Å². The normalized spacial score (nSPS) is 21.2. The van der Waals surface area contributed by atoms with E-state index in [-0.39, 0.29) is 6.04 Å². The molecule has 1 unspecified atom stereocenters. The van der Waals surface area contributed by atoms with Crippen molar-refractivity contribution in [2.45, 2.75) is 13.0 Å². The highest BCUT2D eigenvalue weighted by Crippen LogP contribution is 2.22. The second-order valence-electron chi connectivity index (χ2n) is 3.66. The van der Waals surface area contributed by atoms with E-state index >= 15 is 0 Å². The molecule has 1 aromatic carbocycles. The third-order valence-corrected chi connectivity index (χ3v) is 2.70. The Morgan fingerprint density at radius 2 is 2.00 bits per heavy atom. The number of hydrazine groups is 1. The van der Waals surface area contributed by atoms with Crippen molar-refractivity contribution in [3.05, 3.63) is 41.7 Å². The highest BCUT2D eigenvalue weighted by Gasteiger charge is 2.26. The molecule has 4 nitrogen and oxygen atoms in total.